The maximum absolute atomic E-state index is 11.8. The maximum Gasteiger partial charge on any atom is 0.251 e. The number of benzene rings is 1. The minimum Gasteiger partial charge on any atom is -0.423 e. The SMILES string of the molecule is C/C=C/CCNC(=O)c1ccc(-c2nnco2)cc1. The molecule has 0 aliphatic carbocycles. The smallest absolute Gasteiger partial charge is 0.251 e. The minimum absolute atomic E-state index is 0.0819. The van der Waals surface area contributed by atoms with E-state index in [0.29, 0.717) is 18.0 Å². The van der Waals surface area contributed by atoms with Crippen LogP contribution >= 0.6 is 0 Å². The molecule has 0 aliphatic heterocycles. The van der Waals surface area contributed by atoms with E-state index in [1.165, 1.54) is 6.39 Å². The molecule has 5 heteroatoms. The average Bonchev–Trinajstić information content (AvgIpc) is 2.98. The van der Waals surface area contributed by atoms with Crippen LogP contribution in [0.25, 0.3) is 11.5 Å². The highest BCUT2D eigenvalue weighted by Gasteiger charge is 2.07. The van der Waals surface area contributed by atoms with E-state index >= 15 is 0 Å². The van der Waals surface area contributed by atoms with Gasteiger partial charge in [-0.3, -0.25) is 4.79 Å². The number of nitrogens with zero attached hydrogens (tertiary/aromatic N) is 2. The van der Waals surface area contributed by atoms with Gasteiger partial charge in [0.15, 0.2) is 0 Å². The van der Waals surface area contributed by atoms with Gasteiger partial charge in [0.1, 0.15) is 0 Å². The number of allylic oxidation sites excluding steroid dienone is 1. The molecule has 0 saturated carbocycles. The standard InChI is InChI=1S/C14H15N3O2/c1-2-3-4-9-15-13(18)11-5-7-12(8-6-11)14-17-16-10-19-14/h2-3,5-8,10H,4,9H2,1H3,(H,15,18)/b3-2+. The molecule has 1 aromatic heterocycles. The largest absolute Gasteiger partial charge is 0.423 e. The van der Waals surface area contributed by atoms with Crippen molar-refractivity contribution in [3.63, 3.8) is 0 Å². The lowest BCUT2D eigenvalue weighted by Crippen LogP contribution is -2.23. The Labute approximate surface area is 111 Å². The van der Waals surface area contributed by atoms with Gasteiger partial charge >= 0.3 is 0 Å². The number of rotatable bonds is 5. The van der Waals surface area contributed by atoms with Crippen LogP contribution in [-0.4, -0.2) is 22.6 Å². The van der Waals surface area contributed by atoms with Crippen LogP contribution in [0.2, 0.25) is 0 Å². The topological polar surface area (TPSA) is 68.0 Å². The molecular formula is C14H15N3O2. The molecule has 0 radical (unpaired) electrons. The van der Waals surface area contributed by atoms with Gasteiger partial charge in [0.05, 0.1) is 0 Å². The predicted molar refractivity (Wildman–Crippen MR) is 71.5 cm³/mol. The molecule has 5 nitrogen and oxygen atoms in total. The second-order valence-electron chi connectivity index (χ2n) is 3.93. The molecule has 2 rings (SSSR count). The monoisotopic (exact) mass is 257 g/mol. The van der Waals surface area contributed by atoms with Crippen LogP contribution in [-0.2, 0) is 0 Å². The fourth-order valence-electron chi connectivity index (χ4n) is 1.60. The fourth-order valence-corrected chi connectivity index (χ4v) is 1.60. The molecule has 0 aliphatic rings. The summed E-state index contributed by atoms with van der Waals surface area (Å²) in [7, 11) is 0. The van der Waals surface area contributed by atoms with Crippen molar-refractivity contribution in [2.75, 3.05) is 6.54 Å². The fraction of sp³-hybridized carbons (Fsp3) is 0.214. The van der Waals surface area contributed by atoms with E-state index in [2.05, 4.69) is 15.5 Å². The van der Waals surface area contributed by atoms with E-state index in [9.17, 15) is 4.79 Å². The summed E-state index contributed by atoms with van der Waals surface area (Å²) in [5.74, 6) is 0.363. The number of carbonyl (C=O) groups excluding carboxylic acids is 1. The number of nitrogens with one attached hydrogen (secondary N) is 1. The van der Waals surface area contributed by atoms with Gasteiger partial charge in [-0.2, -0.15) is 0 Å². The summed E-state index contributed by atoms with van der Waals surface area (Å²) in [6, 6.07) is 7.05. The summed E-state index contributed by atoms with van der Waals surface area (Å²) in [6.45, 7) is 2.59. The van der Waals surface area contributed by atoms with E-state index in [1.807, 2.05) is 19.1 Å². The zero-order valence-corrected chi connectivity index (χ0v) is 10.7. The highest BCUT2D eigenvalue weighted by molar-refractivity contribution is 5.94. The van der Waals surface area contributed by atoms with Crippen molar-refractivity contribution in [2.24, 2.45) is 0 Å². The van der Waals surface area contributed by atoms with Crippen molar-refractivity contribution in [1.29, 1.82) is 0 Å². The van der Waals surface area contributed by atoms with Crippen LogP contribution in [0.4, 0.5) is 0 Å². The first-order chi connectivity index (χ1) is 9.31. The molecule has 98 valence electrons. The number of carbonyl (C=O) groups is 1. The highest BCUT2D eigenvalue weighted by Crippen LogP contribution is 2.16. The van der Waals surface area contributed by atoms with Crippen LogP contribution in [0.3, 0.4) is 0 Å². The van der Waals surface area contributed by atoms with Crippen LogP contribution in [0.1, 0.15) is 23.7 Å². The third-order valence-corrected chi connectivity index (χ3v) is 2.59. The maximum atomic E-state index is 11.8. The average molecular weight is 257 g/mol. The summed E-state index contributed by atoms with van der Waals surface area (Å²) >= 11 is 0. The van der Waals surface area contributed by atoms with E-state index in [1.54, 1.807) is 24.3 Å². The lowest BCUT2D eigenvalue weighted by Gasteiger charge is -2.03. The van der Waals surface area contributed by atoms with Gasteiger partial charge in [-0.15, -0.1) is 10.2 Å². The van der Waals surface area contributed by atoms with Crippen molar-refractivity contribution in [1.82, 2.24) is 15.5 Å². The molecule has 0 bridgehead atoms. The molecule has 0 unspecified atom stereocenters. The Hall–Kier alpha value is -2.43. The van der Waals surface area contributed by atoms with Crippen molar-refractivity contribution in [3.8, 4) is 11.5 Å². The Bertz CT molecular complexity index is 545. The Balaban J connectivity index is 1.96. The molecule has 1 N–H and O–H groups in total. The molecular weight excluding hydrogens is 242 g/mol. The van der Waals surface area contributed by atoms with Crippen molar-refractivity contribution < 1.29 is 9.21 Å². The number of hydrogen-bond donors (Lipinski definition) is 1. The summed E-state index contributed by atoms with van der Waals surface area (Å²) in [6.07, 6.45) is 6.09. The van der Waals surface area contributed by atoms with Crippen molar-refractivity contribution in [3.05, 3.63) is 48.4 Å². The predicted octanol–water partition coefficient (Wildman–Crippen LogP) is 2.43. The number of hydrogen-bond acceptors (Lipinski definition) is 4. The third kappa shape index (κ3) is 3.51. The molecule has 1 heterocycles. The Morgan fingerprint density at radius 3 is 2.79 bits per heavy atom. The van der Waals surface area contributed by atoms with Gasteiger partial charge in [-0.25, -0.2) is 0 Å². The first kappa shape index (κ1) is 13.0. The molecule has 1 aromatic carbocycles. The molecule has 2 aromatic rings. The zero-order valence-electron chi connectivity index (χ0n) is 10.7. The molecule has 0 saturated heterocycles. The second kappa shape index (κ2) is 6.49. The first-order valence-corrected chi connectivity index (χ1v) is 6.07. The van der Waals surface area contributed by atoms with Crippen molar-refractivity contribution >= 4 is 5.91 Å². The molecule has 1 amide bonds. The molecule has 19 heavy (non-hydrogen) atoms. The van der Waals surface area contributed by atoms with Gasteiger partial charge in [0.2, 0.25) is 12.3 Å². The first-order valence-electron chi connectivity index (χ1n) is 6.07. The minimum atomic E-state index is -0.0819. The van der Waals surface area contributed by atoms with Crippen molar-refractivity contribution in [2.45, 2.75) is 13.3 Å². The number of amides is 1. The van der Waals surface area contributed by atoms with Crippen LogP contribution in [0.15, 0.2) is 47.2 Å². The van der Waals surface area contributed by atoms with E-state index in [4.69, 9.17) is 4.42 Å². The molecule has 0 spiro atoms. The van der Waals surface area contributed by atoms with Gasteiger partial charge < -0.3 is 9.73 Å². The Morgan fingerprint density at radius 1 is 1.37 bits per heavy atom. The normalized spacial score (nSPS) is 10.8. The van der Waals surface area contributed by atoms with Gasteiger partial charge in [-0.05, 0) is 37.6 Å². The summed E-state index contributed by atoms with van der Waals surface area (Å²) < 4.78 is 5.08. The van der Waals surface area contributed by atoms with Gasteiger partial charge in [0.25, 0.3) is 5.91 Å². The molecule has 0 fully saturated rings. The summed E-state index contributed by atoms with van der Waals surface area (Å²) in [5.41, 5.74) is 1.41. The van der Waals surface area contributed by atoms with Crippen LogP contribution in [0, 0.1) is 0 Å². The Morgan fingerprint density at radius 2 is 2.16 bits per heavy atom. The number of aromatic nitrogens is 2. The molecule has 0 atom stereocenters. The lowest BCUT2D eigenvalue weighted by atomic mass is 10.1. The Kier molecular flexibility index (Phi) is 4.44. The third-order valence-electron chi connectivity index (χ3n) is 2.59. The quantitative estimate of drug-likeness (QED) is 0.659. The van der Waals surface area contributed by atoms with E-state index in [-0.39, 0.29) is 5.91 Å². The zero-order chi connectivity index (χ0) is 13.5. The van der Waals surface area contributed by atoms with E-state index < -0.39 is 0 Å². The second-order valence-corrected chi connectivity index (χ2v) is 3.93. The van der Waals surface area contributed by atoms with Crippen LogP contribution < -0.4 is 5.32 Å². The van der Waals surface area contributed by atoms with Gasteiger partial charge in [0, 0.05) is 17.7 Å². The van der Waals surface area contributed by atoms with E-state index in [0.717, 1.165) is 12.0 Å². The van der Waals surface area contributed by atoms with Crippen LogP contribution in [0.5, 0.6) is 0 Å². The summed E-state index contributed by atoms with van der Waals surface area (Å²) in [4.78, 5) is 11.8. The summed E-state index contributed by atoms with van der Waals surface area (Å²) in [5, 5.41) is 10.3. The lowest BCUT2D eigenvalue weighted by molar-refractivity contribution is 0.0954. The van der Waals surface area contributed by atoms with Gasteiger partial charge in [-0.1, -0.05) is 12.2 Å². The highest BCUT2D eigenvalue weighted by atomic mass is 16.4.